The van der Waals surface area contributed by atoms with Gasteiger partial charge in [-0.05, 0) is 64.8 Å². The lowest BCUT2D eigenvalue weighted by molar-refractivity contribution is 0.475. The Bertz CT molecular complexity index is 601. The molecule has 0 aliphatic heterocycles. The molecule has 0 saturated carbocycles. The van der Waals surface area contributed by atoms with Gasteiger partial charge in [-0.2, -0.15) is 0 Å². The number of nitrogens with one attached hydrogen (secondary N) is 1. The van der Waals surface area contributed by atoms with Gasteiger partial charge in [-0.3, -0.25) is 0 Å². The fourth-order valence-electron chi connectivity index (χ4n) is 1.87. The molecule has 1 N–H and O–H groups in total. The van der Waals surface area contributed by atoms with Gasteiger partial charge in [-0.1, -0.05) is 13.0 Å². The zero-order valence-electron chi connectivity index (χ0n) is 11.5. The summed E-state index contributed by atoms with van der Waals surface area (Å²) in [6, 6.07) is 10.6. The number of rotatable bonds is 5. The average Bonchev–Trinajstić information content (AvgIpc) is 2.42. The number of aryl methyl sites for hydroxylation is 1. The number of benzene rings is 2. The minimum atomic E-state index is -0.331. The molecular formula is C16H17BrFNO. The maximum absolute atomic E-state index is 13.4. The van der Waals surface area contributed by atoms with Gasteiger partial charge >= 0.3 is 0 Å². The Kier molecular flexibility index (Phi) is 5.15. The minimum Gasteiger partial charge on any atom is -0.457 e. The van der Waals surface area contributed by atoms with E-state index in [0.717, 1.165) is 18.7 Å². The molecule has 0 unspecified atom stereocenters. The smallest absolute Gasteiger partial charge is 0.141 e. The van der Waals surface area contributed by atoms with Crippen molar-refractivity contribution in [3.8, 4) is 11.5 Å². The predicted molar refractivity (Wildman–Crippen MR) is 82.7 cm³/mol. The van der Waals surface area contributed by atoms with Crippen molar-refractivity contribution >= 4 is 15.9 Å². The second-order valence-electron chi connectivity index (χ2n) is 4.55. The quantitative estimate of drug-likeness (QED) is 0.846. The van der Waals surface area contributed by atoms with Crippen molar-refractivity contribution in [1.82, 2.24) is 5.32 Å². The van der Waals surface area contributed by atoms with Crippen molar-refractivity contribution in [3.05, 3.63) is 57.8 Å². The molecule has 2 aromatic carbocycles. The van der Waals surface area contributed by atoms with E-state index in [-0.39, 0.29) is 5.82 Å². The van der Waals surface area contributed by atoms with Crippen LogP contribution in [0.3, 0.4) is 0 Å². The lowest BCUT2D eigenvalue weighted by Crippen LogP contribution is -2.12. The molecule has 0 amide bonds. The fraction of sp³-hybridized carbons (Fsp3) is 0.250. The standard InChI is InChI=1S/C16H17BrFNO/c1-3-19-10-12-4-5-13(8-11(12)2)20-14-6-7-15(17)16(18)9-14/h4-9,19H,3,10H2,1-2H3. The largest absolute Gasteiger partial charge is 0.457 e. The third kappa shape index (κ3) is 3.81. The van der Waals surface area contributed by atoms with Gasteiger partial charge in [0, 0.05) is 12.6 Å². The summed E-state index contributed by atoms with van der Waals surface area (Å²) in [6.45, 7) is 5.90. The molecule has 2 aromatic rings. The first kappa shape index (κ1) is 15.0. The van der Waals surface area contributed by atoms with Crippen molar-refractivity contribution in [2.75, 3.05) is 6.54 Å². The lowest BCUT2D eigenvalue weighted by atomic mass is 10.1. The van der Waals surface area contributed by atoms with Crippen LogP contribution in [0.25, 0.3) is 0 Å². The normalized spacial score (nSPS) is 10.6. The molecule has 0 aliphatic carbocycles. The molecule has 106 valence electrons. The summed E-state index contributed by atoms with van der Waals surface area (Å²) in [7, 11) is 0. The molecule has 0 aromatic heterocycles. The molecule has 0 radical (unpaired) electrons. The molecule has 0 spiro atoms. The molecule has 0 atom stereocenters. The SMILES string of the molecule is CCNCc1ccc(Oc2ccc(Br)c(F)c2)cc1C. The average molecular weight is 338 g/mol. The zero-order chi connectivity index (χ0) is 14.5. The van der Waals surface area contributed by atoms with E-state index in [2.05, 4.69) is 28.2 Å². The Hall–Kier alpha value is -1.39. The van der Waals surface area contributed by atoms with E-state index >= 15 is 0 Å². The van der Waals surface area contributed by atoms with E-state index in [4.69, 9.17) is 4.74 Å². The van der Waals surface area contributed by atoms with E-state index in [0.29, 0.717) is 16.0 Å². The summed E-state index contributed by atoms with van der Waals surface area (Å²) in [5, 5.41) is 3.29. The zero-order valence-corrected chi connectivity index (χ0v) is 13.1. The first-order valence-corrected chi connectivity index (χ1v) is 7.32. The van der Waals surface area contributed by atoms with Gasteiger partial charge in [0.05, 0.1) is 4.47 Å². The monoisotopic (exact) mass is 337 g/mol. The van der Waals surface area contributed by atoms with Gasteiger partial charge in [-0.25, -0.2) is 4.39 Å². The van der Waals surface area contributed by atoms with Crippen molar-refractivity contribution in [3.63, 3.8) is 0 Å². The van der Waals surface area contributed by atoms with Crippen LogP contribution in [-0.2, 0) is 6.54 Å². The summed E-state index contributed by atoms with van der Waals surface area (Å²) in [5.41, 5.74) is 2.39. The van der Waals surface area contributed by atoms with Gasteiger partial charge in [0.1, 0.15) is 17.3 Å². The van der Waals surface area contributed by atoms with Crippen LogP contribution >= 0.6 is 15.9 Å². The lowest BCUT2D eigenvalue weighted by Gasteiger charge is -2.10. The number of hydrogen-bond donors (Lipinski definition) is 1. The Balaban J connectivity index is 2.13. The van der Waals surface area contributed by atoms with E-state index in [1.165, 1.54) is 11.6 Å². The summed E-state index contributed by atoms with van der Waals surface area (Å²) >= 11 is 3.12. The van der Waals surface area contributed by atoms with Crippen molar-refractivity contribution in [1.29, 1.82) is 0 Å². The van der Waals surface area contributed by atoms with Gasteiger partial charge in [0.2, 0.25) is 0 Å². The topological polar surface area (TPSA) is 21.3 Å². The Morgan fingerprint density at radius 2 is 1.85 bits per heavy atom. The van der Waals surface area contributed by atoms with E-state index < -0.39 is 0 Å². The van der Waals surface area contributed by atoms with Crippen molar-refractivity contribution in [2.45, 2.75) is 20.4 Å². The Morgan fingerprint density at radius 3 is 2.50 bits per heavy atom. The van der Waals surface area contributed by atoms with Crippen LogP contribution in [0.5, 0.6) is 11.5 Å². The Labute approximate surface area is 127 Å². The summed E-state index contributed by atoms with van der Waals surface area (Å²) in [5.74, 6) is 0.872. The maximum atomic E-state index is 13.4. The molecule has 2 nitrogen and oxygen atoms in total. The third-order valence-corrected chi connectivity index (χ3v) is 3.65. The molecule has 4 heteroatoms. The van der Waals surface area contributed by atoms with Crippen LogP contribution in [0.15, 0.2) is 40.9 Å². The summed E-state index contributed by atoms with van der Waals surface area (Å²) in [6.07, 6.45) is 0. The van der Waals surface area contributed by atoms with Crippen molar-refractivity contribution in [2.24, 2.45) is 0 Å². The minimum absolute atomic E-state index is 0.331. The van der Waals surface area contributed by atoms with Crippen LogP contribution in [0.2, 0.25) is 0 Å². The van der Waals surface area contributed by atoms with Gasteiger partial charge in [-0.15, -0.1) is 0 Å². The van der Waals surface area contributed by atoms with Crippen LogP contribution < -0.4 is 10.1 Å². The molecule has 0 aliphatic rings. The Morgan fingerprint density at radius 1 is 1.15 bits per heavy atom. The summed E-state index contributed by atoms with van der Waals surface area (Å²) < 4.78 is 19.5. The highest BCUT2D eigenvalue weighted by atomic mass is 79.9. The predicted octanol–water partition coefficient (Wildman–Crippen LogP) is 4.80. The number of halogens is 2. The summed E-state index contributed by atoms with van der Waals surface area (Å²) in [4.78, 5) is 0. The first-order valence-electron chi connectivity index (χ1n) is 6.53. The van der Waals surface area contributed by atoms with Gasteiger partial charge in [0.25, 0.3) is 0 Å². The highest BCUT2D eigenvalue weighted by Crippen LogP contribution is 2.27. The molecule has 2 rings (SSSR count). The highest BCUT2D eigenvalue weighted by molar-refractivity contribution is 9.10. The maximum Gasteiger partial charge on any atom is 0.141 e. The molecule has 0 heterocycles. The van der Waals surface area contributed by atoms with Crippen LogP contribution in [0.1, 0.15) is 18.1 Å². The highest BCUT2D eigenvalue weighted by Gasteiger charge is 2.05. The fourth-order valence-corrected chi connectivity index (χ4v) is 2.11. The molecule has 0 bridgehead atoms. The number of ether oxygens (including phenoxy) is 1. The van der Waals surface area contributed by atoms with Crippen LogP contribution in [0, 0.1) is 12.7 Å². The van der Waals surface area contributed by atoms with Gasteiger partial charge in [0.15, 0.2) is 0 Å². The second-order valence-corrected chi connectivity index (χ2v) is 5.40. The van der Waals surface area contributed by atoms with Crippen LogP contribution in [0.4, 0.5) is 4.39 Å². The first-order chi connectivity index (χ1) is 9.60. The molecule has 20 heavy (non-hydrogen) atoms. The van der Waals surface area contributed by atoms with Crippen molar-refractivity contribution < 1.29 is 9.13 Å². The molecule has 0 fully saturated rings. The van der Waals surface area contributed by atoms with E-state index in [9.17, 15) is 4.39 Å². The van der Waals surface area contributed by atoms with Crippen LogP contribution in [-0.4, -0.2) is 6.54 Å². The number of hydrogen-bond acceptors (Lipinski definition) is 2. The second kappa shape index (κ2) is 6.86. The van der Waals surface area contributed by atoms with Gasteiger partial charge < -0.3 is 10.1 Å². The van der Waals surface area contributed by atoms with E-state index in [1.54, 1.807) is 12.1 Å². The van der Waals surface area contributed by atoms with E-state index in [1.807, 2.05) is 25.1 Å². The third-order valence-electron chi connectivity index (χ3n) is 3.01. The molecular weight excluding hydrogens is 321 g/mol. The molecule has 0 saturated heterocycles.